The quantitative estimate of drug-likeness (QED) is 0.453. The zero-order valence-corrected chi connectivity index (χ0v) is 22.0. The first-order valence-corrected chi connectivity index (χ1v) is 12.7. The molecule has 2 aromatic heterocycles. The lowest BCUT2D eigenvalue weighted by molar-refractivity contribution is -0.274. The van der Waals surface area contributed by atoms with E-state index in [-0.39, 0.29) is 35.8 Å². The molecule has 2 amide bonds. The van der Waals surface area contributed by atoms with Crippen molar-refractivity contribution in [2.24, 2.45) is 0 Å². The van der Waals surface area contributed by atoms with E-state index in [1.165, 1.54) is 30.9 Å². The zero-order valence-electron chi connectivity index (χ0n) is 22.0. The summed E-state index contributed by atoms with van der Waals surface area (Å²) in [5, 5.41) is 18.1. The number of likely N-dealkylation sites (tertiary alicyclic amines) is 1. The number of nitrogens with one attached hydrogen (secondary N) is 1. The molecule has 1 aromatic carbocycles. The number of hydrogen-bond donors (Lipinski definition) is 1. The Morgan fingerprint density at radius 3 is 2.50 bits per heavy atom. The fourth-order valence-electron chi connectivity index (χ4n) is 4.64. The standard InChI is InChI=1S/C25H28F3N7O5/c1-24(2,3)40-23(37)35-10-15(8-16(35)11-34-12-29-30-13-34)31-20(36)22-33-32-21(38-22)19-9-17(39-25(26,27)28)6-7-18(19)14-4-5-14/h6-7,9,12-16H,4-5,8,10-11H2,1-3H3,(H,31,36)/t15-,16+/m1/s1. The summed E-state index contributed by atoms with van der Waals surface area (Å²) in [6.07, 6.45) is -0.157. The molecular formula is C25H28F3N7O5. The minimum atomic E-state index is -4.86. The summed E-state index contributed by atoms with van der Waals surface area (Å²) in [6, 6.07) is 3.19. The SMILES string of the molecule is CC(C)(C)OC(=O)N1C[C@H](NC(=O)c2nnc(-c3cc(OC(F)(F)F)ccc3C3CC3)o2)C[C@H]1Cn1cnnc1. The molecule has 40 heavy (non-hydrogen) atoms. The molecule has 5 rings (SSSR count). The van der Waals surface area contributed by atoms with Crippen molar-refractivity contribution in [1.82, 2.24) is 35.2 Å². The smallest absolute Gasteiger partial charge is 0.444 e. The van der Waals surface area contributed by atoms with Crippen LogP contribution in [0.3, 0.4) is 0 Å². The van der Waals surface area contributed by atoms with Crippen LogP contribution in [-0.4, -0.2) is 72.5 Å². The lowest BCUT2D eigenvalue weighted by Gasteiger charge is -2.28. The summed E-state index contributed by atoms with van der Waals surface area (Å²) in [4.78, 5) is 27.5. The molecule has 0 radical (unpaired) electrons. The van der Waals surface area contributed by atoms with E-state index in [9.17, 15) is 22.8 Å². The molecule has 0 bridgehead atoms. The average Bonchev–Trinajstić information content (AvgIpc) is 3.21. The predicted molar refractivity (Wildman–Crippen MR) is 131 cm³/mol. The highest BCUT2D eigenvalue weighted by Gasteiger charge is 2.39. The summed E-state index contributed by atoms with van der Waals surface area (Å²) in [5.74, 6) is -1.40. The van der Waals surface area contributed by atoms with Crippen LogP contribution in [0, 0.1) is 0 Å². The van der Waals surface area contributed by atoms with Crippen LogP contribution in [-0.2, 0) is 11.3 Å². The molecule has 0 spiro atoms. The number of alkyl halides is 3. The Labute approximate surface area is 226 Å². The van der Waals surface area contributed by atoms with Crippen molar-refractivity contribution >= 4 is 12.0 Å². The van der Waals surface area contributed by atoms with Crippen LogP contribution in [0.5, 0.6) is 5.75 Å². The molecule has 0 unspecified atom stereocenters. The molecule has 12 nitrogen and oxygen atoms in total. The van der Waals surface area contributed by atoms with Crippen molar-refractivity contribution in [1.29, 1.82) is 0 Å². The largest absolute Gasteiger partial charge is 0.573 e. The fraction of sp³-hybridized carbons (Fsp3) is 0.520. The Hall–Kier alpha value is -4.17. The van der Waals surface area contributed by atoms with E-state index in [1.807, 2.05) is 0 Å². The van der Waals surface area contributed by atoms with Crippen molar-refractivity contribution in [2.75, 3.05) is 6.54 Å². The topological polar surface area (TPSA) is 138 Å². The van der Waals surface area contributed by atoms with Crippen LogP contribution < -0.4 is 10.1 Å². The molecule has 2 fully saturated rings. The number of aromatic nitrogens is 5. The number of carbonyl (C=O) groups excluding carboxylic acids is 2. The monoisotopic (exact) mass is 563 g/mol. The molecule has 1 N–H and O–H groups in total. The Balaban J connectivity index is 1.31. The summed E-state index contributed by atoms with van der Waals surface area (Å²) in [6.45, 7) is 5.87. The van der Waals surface area contributed by atoms with Crippen molar-refractivity contribution in [2.45, 2.75) is 76.5 Å². The number of amides is 2. The van der Waals surface area contributed by atoms with Gasteiger partial charge < -0.3 is 28.7 Å². The summed E-state index contributed by atoms with van der Waals surface area (Å²) >= 11 is 0. The molecule has 214 valence electrons. The van der Waals surface area contributed by atoms with Crippen LogP contribution in [0.25, 0.3) is 11.5 Å². The Kier molecular flexibility index (Phi) is 7.14. The molecular weight excluding hydrogens is 535 g/mol. The number of carbonyl (C=O) groups is 2. The van der Waals surface area contributed by atoms with Gasteiger partial charge in [0.1, 0.15) is 24.0 Å². The number of hydrogen-bond acceptors (Lipinski definition) is 9. The number of benzene rings is 1. The van der Waals surface area contributed by atoms with E-state index < -0.39 is 35.8 Å². The highest BCUT2D eigenvalue weighted by molar-refractivity contribution is 5.90. The van der Waals surface area contributed by atoms with Gasteiger partial charge in [-0.05, 0) is 63.6 Å². The van der Waals surface area contributed by atoms with E-state index in [0.29, 0.717) is 13.0 Å². The molecule has 1 aliphatic carbocycles. The summed E-state index contributed by atoms with van der Waals surface area (Å²) in [7, 11) is 0. The first-order valence-electron chi connectivity index (χ1n) is 12.7. The third-order valence-corrected chi connectivity index (χ3v) is 6.39. The maximum atomic E-state index is 13.0. The molecule has 1 aliphatic heterocycles. The van der Waals surface area contributed by atoms with Crippen LogP contribution in [0.2, 0.25) is 0 Å². The molecule has 1 saturated carbocycles. The lowest BCUT2D eigenvalue weighted by atomic mass is 10.0. The third-order valence-electron chi connectivity index (χ3n) is 6.39. The van der Waals surface area contributed by atoms with E-state index in [1.54, 1.807) is 30.2 Å². The maximum Gasteiger partial charge on any atom is 0.573 e. The van der Waals surface area contributed by atoms with E-state index in [4.69, 9.17) is 9.15 Å². The highest BCUT2D eigenvalue weighted by Crippen LogP contribution is 2.45. The van der Waals surface area contributed by atoms with Crippen molar-refractivity contribution in [3.63, 3.8) is 0 Å². The van der Waals surface area contributed by atoms with Crippen molar-refractivity contribution < 1.29 is 36.7 Å². The van der Waals surface area contributed by atoms with Gasteiger partial charge in [-0.2, -0.15) is 0 Å². The van der Waals surface area contributed by atoms with Gasteiger partial charge in [0, 0.05) is 24.7 Å². The van der Waals surface area contributed by atoms with E-state index in [2.05, 4.69) is 30.4 Å². The van der Waals surface area contributed by atoms with Crippen LogP contribution in [0.4, 0.5) is 18.0 Å². The van der Waals surface area contributed by atoms with Gasteiger partial charge >= 0.3 is 24.3 Å². The highest BCUT2D eigenvalue weighted by atomic mass is 19.4. The zero-order chi connectivity index (χ0) is 28.7. The second-order valence-corrected chi connectivity index (χ2v) is 10.8. The number of rotatable bonds is 7. The number of nitrogens with zero attached hydrogens (tertiary/aromatic N) is 6. The molecule has 1 saturated heterocycles. The number of ether oxygens (including phenoxy) is 2. The van der Waals surface area contributed by atoms with Crippen LogP contribution >= 0.6 is 0 Å². The fourth-order valence-corrected chi connectivity index (χ4v) is 4.64. The molecule has 3 aromatic rings. The molecule has 2 atom stereocenters. The predicted octanol–water partition coefficient (Wildman–Crippen LogP) is 3.91. The molecule has 15 heteroatoms. The van der Waals surface area contributed by atoms with Crippen LogP contribution in [0.15, 0.2) is 35.3 Å². The second-order valence-electron chi connectivity index (χ2n) is 10.8. The summed E-state index contributed by atoms with van der Waals surface area (Å²) in [5.41, 5.74) is 0.314. The summed E-state index contributed by atoms with van der Waals surface area (Å²) < 4.78 is 55.3. The van der Waals surface area contributed by atoms with Crippen LogP contribution in [0.1, 0.15) is 62.2 Å². The number of halogens is 3. The van der Waals surface area contributed by atoms with E-state index >= 15 is 0 Å². The second kappa shape index (κ2) is 10.4. The van der Waals surface area contributed by atoms with Gasteiger partial charge in [-0.25, -0.2) is 4.79 Å². The lowest BCUT2D eigenvalue weighted by Crippen LogP contribution is -2.43. The van der Waals surface area contributed by atoms with Crippen molar-refractivity contribution in [3.05, 3.63) is 42.3 Å². The Morgan fingerprint density at radius 2 is 1.85 bits per heavy atom. The first kappa shape index (κ1) is 27.4. The third kappa shape index (κ3) is 6.69. The normalized spacial score (nSPS) is 19.5. The van der Waals surface area contributed by atoms with Gasteiger partial charge in [-0.3, -0.25) is 4.79 Å². The van der Waals surface area contributed by atoms with Gasteiger partial charge in [0.25, 0.3) is 0 Å². The van der Waals surface area contributed by atoms with Gasteiger partial charge in [0.05, 0.1) is 6.04 Å². The molecule has 2 aliphatic rings. The van der Waals surface area contributed by atoms with Gasteiger partial charge in [-0.1, -0.05) is 6.07 Å². The van der Waals surface area contributed by atoms with Gasteiger partial charge in [0.2, 0.25) is 5.89 Å². The van der Waals surface area contributed by atoms with Gasteiger partial charge in [0.15, 0.2) is 0 Å². The molecule has 3 heterocycles. The van der Waals surface area contributed by atoms with Crippen molar-refractivity contribution in [3.8, 4) is 17.2 Å². The maximum absolute atomic E-state index is 13.0. The Bertz CT molecular complexity index is 1370. The van der Waals surface area contributed by atoms with E-state index in [0.717, 1.165) is 18.4 Å². The minimum absolute atomic E-state index is 0.0908. The van der Waals surface area contributed by atoms with Gasteiger partial charge in [-0.15, -0.1) is 33.6 Å². The average molecular weight is 564 g/mol. The minimum Gasteiger partial charge on any atom is -0.444 e. The Morgan fingerprint density at radius 1 is 1.12 bits per heavy atom. The first-order chi connectivity index (χ1) is 18.8.